The topological polar surface area (TPSA) is 9.23 Å². The van der Waals surface area contributed by atoms with Gasteiger partial charge in [-0.25, -0.2) is 4.39 Å². The molecule has 108 valence electrons. The maximum atomic E-state index is 12.9. The van der Waals surface area contributed by atoms with Crippen LogP contribution in [0.2, 0.25) is 0 Å². The van der Waals surface area contributed by atoms with Gasteiger partial charge in [0.15, 0.2) is 0 Å². The van der Waals surface area contributed by atoms with Crippen LogP contribution in [0.1, 0.15) is 57.6 Å². The Morgan fingerprint density at radius 2 is 1.84 bits per heavy atom. The summed E-state index contributed by atoms with van der Waals surface area (Å²) in [5.74, 6) is -0.191. The van der Waals surface area contributed by atoms with Crippen molar-refractivity contribution in [2.45, 2.75) is 58.2 Å². The molecule has 2 atom stereocenters. The molecule has 3 heteroatoms. The highest BCUT2D eigenvalue weighted by Gasteiger charge is 2.14. The van der Waals surface area contributed by atoms with Crippen molar-refractivity contribution in [1.29, 1.82) is 0 Å². The fraction of sp³-hybridized carbons (Fsp3) is 0.625. The van der Waals surface area contributed by atoms with E-state index in [9.17, 15) is 4.39 Å². The third-order valence-electron chi connectivity index (χ3n) is 3.24. The SMILES string of the molecule is CCCCCCC(C)OC(CI)c1ccc(F)cc1. The predicted octanol–water partition coefficient (Wildman–Crippen LogP) is 5.68. The van der Waals surface area contributed by atoms with Gasteiger partial charge in [-0.15, -0.1) is 0 Å². The summed E-state index contributed by atoms with van der Waals surface area (Å²) in [6.07, 6.45) is 6.53. The van der Waals surface area contributed by atoms with Crippen LogP contribution in [0.15, 0.2) is 24.3 Å². The summed E-state index contributed by atoms with van der Waals surface area (Å²) in [5, 5.41) is 0. The number of halogens is 2. The lowest BCUT2D eigenvalue weighted by molar-refractivity contribution is 0.00580. The fourth-order valence-corrected chi connectivity index (χ4v) is 2.80. The molecule has 1 nitrogen and oxygen atoms in total. The van der Waals surface area contributed by atoms with Crippen LogP contribution in [0, 0.1) is 5.82 Å². The molecule has 2 unspecified atom stereocenters. The van der Waals surface area contributed by atoms with E-state index in [0.29, 0.717) is 0 Å². The second kappa shape index (κ2) is 9.70. The largest absolute Gasteiger partial charge is 0.370 e. The molecule has 1 aromatic rings. The van der Waals surface area contributed by atoms with Crippen molar-refractivity contribution >= 4 is 22.6 Å². The van der Waals surface area contributed by atoms with Gasteiger partial charge in [0.05, 0.1) is 12.2 Å². The zero-order valence-corrected chi connectivity index (χ0v) is 14.0. The number of benzene rings is 1. The molecule has 0 heterocycles. The minimum Gasteiger partial charge on any atom is -0.370 e. The minimum absolute atomic E-state index is 0.0716. The van der Waals surface area contributed by atoms with Gasteiger partial charge in [0.25, 0.3) is 0 Å². The van der Waals surface area contributed by atoms with E-state index in [2.05, 4.69) is 36.4 Å². The van der Waals surface area contributed by atoms with Gasteiger partial charge in [-0.3, -0.25) is 0 Å². The Morgan fingerprint density at radius 1 is 1.16 bits per heavy atom. The van der Waals surface area contributed by atoms with Gasteiger partial charge < -0.3 is 4.74 Å². The highest BCUT2D eigenvalue weighted by molar-refractivity contribution is 14.1. The van der Waals surface area contributed by atoms with E-state index in [4.69, 9.17) is 4.74 Å². The van der Waals surface area contributed by atoms with Gasteiger partial charge in [0.2, 0.25) is 0 Å². The maximum Gasteiger partial charge on any atom is 0.123 e. The molecule has 0 fully saturated rings. The van der Waals surface area contributed by atoms with Crippen LogP contribution in [-0.2, 0) is 4.74 Å². The Bertz CT molecular complexity index is 339. The molecule has 0 saturated heterocycles. The molecule has 0 aliphatic rings. The van der Waals surface area contributed by atoms with Gasteiger partial charge in [-0.2, -0.15) is 0 Å². The Kier molecular flexibility index (Phi) is 8.62. The van der Waals surface area contributed by atoms with Crippen molar-refractivity contribution in [2.24, 2.45) is 0 Å². The minimum atomic E-state index is -0.191. The summed E-state index contributed by atoms with van der Waals surface area (Å²) < 4.78 is 19.9. The summed E-state index contributed by atoms with van der Waals surface area (Å²) >= 11 is 2.33. The molecule has 0 amide bonds. The average molecular weight is 378 g/mol. The normalized spacial score (nSPS) is 14.3. The van der Waals surface area contributed by atoms with Crippen LogP contribution in [-0.4, -0.2) is 10.5 Å². The van der Waals surface area contributed by atoms with Crippen LogP contribution in [0.4, 0.5) is 4.39 Å². The van der Waals surface area contributed by atoms with Crippen LogP contribution in [0.5, 0.6) is 0 Å². The third kappa shape index (κ3) is 6.70. The first-order valence-electron chi connectivity index (χ1n) is 7.14. The number of hydrogen-bond acceptors (Lipinski definition) is 1. The molecule has 0 spiro atoms. The highest BCUT2D eigenvalue weighted by Crippen LogP contribution is 2.23. The van der Waals surface area contributed by atoms with Crippen molar-refractivity contribution in [3.63, 3.8) is 0 Å². The Labute approximate surface area is 130 Å². The molecule has 0 aliphatic carbocycles. The highest BCUT2D eigenvalue weighted by atomic mass is 127. The maximum absolute atomic E-state index is 12.9. The van der Waals surface area contributed by atoms with Crippen LogP contribution >= 0.6 is 22.6 Å². The van der Waals surface area contributed by atoms with Crippen LogP contribution < -0.4 is 0 Å². The van der Waals surface area contributed by atoms with E-state index in [1.807, 2.05) is 12.1 Å². The molecule has 0 aliphatic heterocycles. The zero-order chi connectivity index (χ0) is 14.1. The lowest BCUT2D eigenvalue weighted by Crippen LogP contribution is -2.15. The first kappa shape index (κ1) is 16.9. The molecule has 0 radical (unpaired) electrons. The first-order valence-corrected chi connectivity index (χ1v) is 8.66. The van der Waals surface area contributed by atoms with E-state index in [0.717, 1.165) is 16.4 Å². The molecule has 0 saturated carbocycles. The molecular weight excluding hydrogens is 354 g/mol. The molecule has 0 aromatic heterocycles. The number of ether oxygens (including phenoxy) is 1. The van der Waals surface area contributed by atoms with Gasteiger partial charge in [-0.1, -0.05) is 67.3 Å². The van der Waals surface area contributed by atoms with Gasteiger partial charge in [-0.05, 0) is 31.0 Å². The number of hydrogen-bond donors (Lipinski definition) is 0. The lowest BCUT2D eigenvalue weighted by Gasteiger charge is -2.21. The standard InChI is InChI=1S/C16H24FIO/c1-3-4-5-6-7-13(2)19-16(12-18)14-8-10-15(17)11-9-14/h8-11,13,16H,3-7,12H2,1-2H3. The summed E-state index contributed by atoms with van der Waals surface area (Å²) in [7, 11) is 0. The number of rotatable bonds is 9. The molecule has 0 bridgehead atoms. The van der Waals surface area contributed by atoms with E-state index in [1.54, 1.807) is 0 Å². The molecule has 0 N–H and O–H groups in total. The Hall–Kier alpha value is -0.160. The van der Waals surface area contributed by atoms with Gasteiger partial charge in [0.1, 0.15) is 5.82 Å². The predicted molar refractivity (Wildman–Crippen MR) is 87.3 cm³/mol. The number of unbranched alkanes of at least 4 members (excludes halogenated alkanes) is 3. The van der Waals surface area contributed by atoms with Crippen molar-refractivity contribution in [2.75, 3.05) is 4.43 Å². The molecule has 19 heavy (non-hydrogen) atoms. The molecule has 1 aromatic carbocycles. The van der Waals surface area contributed by atoms with Crippen LogP contribution in [0.25, 0.3) is 0 Å². The summed E-state index contributed by atoms with van der Waals surface area (Å²) in [4.78, 5) is 0. The average Bonchev–Trinajstić information content (AvgIpc) is 2.42. The lowest BCUT2D eigenvalue weighted by atomic mass is 10.1. The van der Waals surface area contributed by atoms with E-state index in [1.165, 1.54) is 37.8 Å². The van der Waals surface area contributed by atoms with Crippen molar-refractivity contribution < 1.29 is 9.13 Å². The third-order valence-corrected chi connectivity index (χ3v) is 4.04. The van der Waals surface area contributed by atoms with Crippen molar-refractivity contribution in [3.8, 4) is 0 Å². The van der Waals surface area contributed by atoms with Crippen molar-refractivity contribution in [1.82, 2.24) is 0 Å². The summed E-state index contributed by atoms with van der Waals surface area (Å²) in [5.41, 5.74) is 1.07. The summed E-state index contributed by atoms with van der Waals surface area (Å²) in [6.45, 7) is 4.36. The Morgan fingerprint density at radius 3 is 2.42 bits per heavy atom. The second-order valence-corrected chi connectivity index (χ2v) is 5.87. The van der Waals surface area contributed by atoms with E-state index < -0.39 is 0 Å². The van der Waals surface area contributed by atoms with Crippen LogP contribution in [0.3, 0.4) is 0 Å². The molecular formula is C16H24FIO. The smallest absolute Gasteiger partial charge is 0.123 e. The number of alkyl halides is 1. The van der Waals surface area contributed by atoms with Gasteiger partial charge in [0, 0.05) is 4.43 Å². The van der Waals surface area contributed by atoms with Crippen molar-refractivity contribution in [3.05, 3.63) is 35.6 Å². The monoisotopic (exact) mass is 378 g/mol. The van der Waals surface area contributed by atoms with Gasteiger partial charge >= 0.3 is 0 Å². The first-order chi connectivity index (χ1) is 9.17. The van der Waals surface area contributed by atoms with E-state index in [-0.39, 0.29) is 18.0 Å². The Balaban J connectivity index is 2.41. The quantitative estimate of drug-likeness (QED) is 0.305. The second-order valence-electron chi connectivity index (χ2n) is 4.99. The van der Waals surface area contributed by atoms with E-state index >= 15 is 0 Å². The zero-order valence-electron chi connectivity index (χ0n) is 11.9. The molecule has 1 rings (SSSR count). The summed E-state index contributed by atoms with van der Waals surface area (Å²) in [6, 6.07) is 6.65. The fourth-order valence-electron chi connectivity index (χ4n) is 2.09.